The van der Waals surface area contributed by atoms with Crippen molar-refractivity contribution in [2.75, 3.05) is 18.5 Å². The standard InChI is InChI=1S/C17H18FNO/c1-12-8-9-16(13(2)10-12)19(3)11-17(20)14-6-4-5-7-15(14)18/h4-10H,11H2,1-3H3. The largest absolute Gasteiger partial charge is 0.367 e. The van der Waals surface area contributed by atoms with Crippen LogP contribution in [0, 0.1) is 19.7 Å². The van der Waals surface area contributed by atoms with Crippen molar-refractivity contribution >= 4 is 11.5 Å². The average molecular weight is 271 g/mol. The lowest BCUT2D eigenvalue weighted by atomic mass is 10.1. The van der Waals surface area contributed by atoms with Crippen molar-refractivity contribution in [3.05, 3.63) is 65.0 Å². The quantitative estimate of drug-likeness (QED) is 0.789. The number of Topliss-reactive ketones (excluding diaryl/α,β-unsaturated/α-hetero) is 1. The molecule has 2 aromatic rings. The maximum Gasteiger partial charge on any atom is 0.185 e. The maximum absolute atomic E-state index is 13.6. The second-order valence-corrected chi connectivity index (χ2v) is 5.05. The van der Waals surface area contributed by atoms with Gasteiger partial charge in [0.1, 0.15) is 5.82 Å². The highest BCUT2D eigenvalue weighted by Crippen LogP contribution is 2.20. The van der Waals surface area contributed by atoms with Crippen LogP contribution in [0.3, 0.4) is 0 Å². The SMILES string of the molecule is Cc1ccc(N(C)CC(=O)c2ccccc2F)c(C)c1. The van der Waals surface area contributed by atoms with Crippen molar-refractivity contribution in [3.8, 4) is 0 Å². The van der Waals surface area contributed by atoms with Crippen LogP contribution in [0.2, 0.25) is 0 Å². The first-order valence-corrected chi connectivity index (χ1v) is 6.55. The molecule has 3 heteroatoms. The Hall–Kier alpha value is -2.16. The molecule has 0 aliphatic heterocycles. The van der Waals surface area contributed by atoms with Crippen molar-refractivity contribution in [1.29, 1.82) is 0 Å². The first-order chi connectivity index (χ1) is 9.49. The molecule has 0 radical (unpaired) electrons. The molecule has 0 atom stereocenters. The minimum Gasteiger partial charge on any atom is -0.367 e. The summed E-state index contributed by atoms with van der Waals surface area (Å²) in [6, 6.07) is 12.1. The molecule has 2 nitrogen and oxygen atoms in total. The van der Waals surface area contributed by atoms with E-state index in [4.69, 9.17) is 0 Å². The van der Waals surface area contributed by atoms with Gasteiger partial charge in [-0.15, -0.1) is 0 Å². The zero-order valence-electron chi connectivity index (χ0n) is 12.0. The summed E-state index contributed by atoms with van der Waals surface area (Å²) in [5.74, 6) is -0.683. The van der Waals surface area contributed by atoms with Crippen LogP contribution in [0.25, 0.3) is 0 Å². The van der Waals surface area contributed by atoms with Gasteiger partial charge >= 0.3 is 0 Å². The fourth-order valence-corrected chi connectivity index (χ4v) is 2.31. The topological polar surface area (TPSA) is 20.3 Å². The van der Waals surface area contributed by atoms with Crippen LogP contribution in [0.15, 0.2) is 42.5 Å². The fraction of sp³-hybridized carbons (Fsp3) is 0.235. The Bertz CT molecular complexity index is 637. The highest BCUT2D eigenvalue weighted by Gasteiger charge is 2.14. The molecule has 0 bridgehead atoms. The van der Waals surface area contributed by atoms with E-state index in [-0.39, 0.29) is 17.9 Å². The third-order valence-corrected chi connectivity index (χ3v) is 3.32. The second-order valence-electron chi connectivity index (χ2n) is 5.05. The van der Waals surface area contributed by atoms with Crippen LogP contribution in [-0.2, 0) is 0 Å². The first kappa shape index (κ1) is 14.3. The predicted octanol–water partition coefficient (Wildman–Crippen LogP) is 3.76. The molecule has 20 heavy (non-hydrogen) atoms. The van der Waals surface area contributed by atoms with Gasteiger partial charge in [0.15, 0.2) is 5.78 Å². The third-order valence-electron chi connectivity index (χ3n) is 3.32. The summed E-state index contributed by atoms with van der Waals surface area (Å²) < 4.78 is 13.6. The van der Waals surface area contributed by atoms with Crippen LogP contribution in [0.4, 0.5) is 10.1 Å². The monoisotopic (exact) mass is 271 g/mol. The Kier molecular flexibility index (Phi) is 4.18. The number of carbonyl (C=O) groups is 1. The number of nitrogens with zero attached hydrogens (tertiary/aromatic N) is 1. The minimum absolute atomic E-state index is 0.143. The van der Waals surface area contributed by atoms with E-state index < -0.39 is 5.82 Å². The Balaban J connectivity index is 2.17. The van der Waals surface area contributed by atoms with Crippen molar-refractivity contribution in [2.45, 2.75) is 13.8 Å². The van der Waals surface area contributed by atoms with Crippen molar-refractivity contribution in [1.82, 2.24) is 0 Å². The number of hydrogen-bond acceptors (Lipinski definition) is 2. The number of aryl methyl sites for hydroxylation is 2. The van der Waals surface area contributed by atoms with E-state index in [1.807, 2.05) is 37.9 Å². The van der Waals surface area contributed by atoms with Gasteiger partial charge in [-0.25, -0.2) is 4.39 Å². The number of anilines is 1. The summed E-state index contributed by atoms with van der Waals surface area (Å²) in [4.78, 5) is 14.0. The smallest absolute Gasteiger partial charge is 0.185 e. The fourth-order valence-electron chi connectivity index (χ4n) is 2.31. The van der Waals surface area contributed by atoms with Gasteiger partial charge in [0.05, 0.1) is 12.1 Å². The van der Waals surface area contributed by atoms with Crippen LogP contribution in [0.5, 0.6) is 0 Å². The van der Waals surface area contributed by atoms with Crippen molar-refractivity contribution in [3.63, 3.8) is 0 Å². The normalized spacial score (nSPS) is 10.4. The van der Waals surface area contributed by atoms with Crippen LogP contribution >= 0.6 is 0 Å². The second kappa shape index (κ2) is 5.87. The molecular weight excluding hydrogens is 253 g/mol. The molecule has 2 rings (SSSR count). The number of rotatable bonds is 4. The molecular formula is C17H18FNO. The molecule has 0 aliphatic rings. The van der Waals surface area contributed by atoms with Gasteiger partial charge in [0, 0.05) is 12.7 Å². The van der Waals surface area contributed by atoms with E-state index in [0.29, 0.717) is 0 Å². The van der Waals surface area contributed by atoms with E-state index in [9.17, 15) is 9.18 Å². The summed E-state index contributed by atoms with van der Waals surface area (Å²) >= 11 is 0. The van der Waals surface area contributed by atoms with Gasteiger partial charge in [0.2, 0.25) is 0 Å². The highest BCUT2D eigenvalue weighted by molar-refractivity contribution is 5.99. The first-order valence-electron chi connectivity index (χ1n) is 6.55. The molecule has 0 aromatic heterocycles. The Labute approximate surface area is 118 Å². The summed E-state index contributed by atoms with van der Waals surface area (Å²) in [6.07, 6.45) is 0. The van der Waals surface area contributed by atoms with Crippen molar-refractivity contribution < 1.29 is 9.18 Å². The molecule has 0 N–H and O–H groups in total. The summed E-state index contributed by atoms with van der Waals surface area (Å²) in [6.45, 7) is 4.19. The molecule has 0 aliphatic carbocycles. The summed E-state index contributed by atoms with van der Waals surface area (Å²) in [5, 5.41) is 0. The molecule has 0 spiro atoms. The Morgan fingerprint density at radius 3 is 2.50 bits per heavy atom. The number of benzene rings is 2. The lowest BCUT2D eigenvalue weighted by Gasteiger charge is -2.21. The van der Waals surface area contributed by atoms with Gasteiger partial charge in [-0.3, -0.25) is 4.79 Å². The molecule has 0 heterocycles. The van der Waals surface area contributed by atoms with Gasteiger partial charge in [-0.05, 0) is 37.6 Å². The average Bonchev–Trinajstić information content (AvgIpc) is 2.38. The molecule has 0 fully saturated rings. The van der Waals surface area contributed by atoms with Gasteiger partial charge < -0.3 is 4.90 Å². The van der Waals surface area contributed by atoms with Gasteiger partial charge in [0.25, 0.3) is 0 Å². The maximum atomic E-state index is 13.6. The third kappa shape index (κ3) is 3.05. The molecule has 0 saturated carbocycles. The highest BCUT2D eigenvalue weighted by atomic mass is 19.1. The van der Waals surface area contributed by atoms with E-state index in [1.165, 1.54) is 17.7 Å². The number of ketones is 1. The molecule has 0 amide bonds. The minimum atomic E-state index is -0.466. The van der Waals surface area contributed by atoms with E-state index in [0.717, 1.165) is 11.3 Å². The van der Waals surface area contributed by atoms with Crippen LogP contribution in [0.1, 0.15) is 21.5 Å². The molecule has 2 aromatic carbocycles. The summed E-state index contributed by atoms with van der Waals surface area (Å²) in [7, 11) is 1.84. The lowest BCUT2D eigenvalue weighted by molar-refractivity contribution is 0.0996. The van der Waals surface area contributed by atoms with Crippen molar-refractivity contribution in [2.24, 2.45) is 0 Å². The predicted molar refractivity (Wildman–Crippen MR) is 79.9 cm³/mol. The van der Waals surface area contributed by atoms with E-state index in [2.05, 4.69) is 6.07 Å². The number of likely N-dealkylation sites (N-methyl/N-ethyl adjacent to an activating group) is 1. The molecule has 0 unspecified atom stereocenters. The van der Waals surface area contributed by atoms with Gasteiger partial charge in [-0.1, -0.05) is 29.8 Å². The number of halogens is 1. The van der Waals surface area contributed by atoms with Gasteiger partial charge in [-0.2, -0.15) is 0 Å². The number of carbonyl (C=O) groups excluding carboxylic acids is 1. The van der Waals surface area contributed by atoms with E-state index >= 15 is 0 Å². The zero-order valence-corrected chi connectivity index (χ0v) is 12.0. The molecule has 104 valence electrons. The van der Waals surface area contributed by atoms with Crippen LogP contribution < -0.4 is 4.90 Å². The molecule has 0 saturated heterocycles. The van der Waals surface area contributed by atoms with E-state index in [1.54, 1.807) is 12.1 Å². The Morgan fingerprint density at radius 1 is 1.15 bits per heavy atom. The number of hydrogen-bond donors (Lipinski definition) is 0. The lowest BCUT2D eigenvalue weighted by Crippen LogP contribution is -2.26. The zero-order chi connectivity index (χ0) is 14.7. The Morgan fingerprint density at radius 2 is 1.85 bits per heavy atom. The summed E-state index contributed by atoms with van der Waals surface area (Å²) in [5.41, 5.74) is 3.42. The van der Waals surface area contributed by atoms with Crippen LogP contribution in [-0.4, -0.2) is 19.4 Å².